The van der Waals surface area contributed by atoms with Crippen LogP contribution in [0.2, 0.25) is 0 Å². The Morgan fingerprint density at radius 1 is 1.35 bits per heavy atom. The zero-order valence-corrected chi connectivity index (χ0v) is 13.1. The van der Waals surface area contributed by atoms with E-state index in [9.17, 15) is 8.42 Å². The molecule has 1 atom stereocenters. The number of halogens is 1. The molecule has 1 aliphatic rings. The van der Waals surface area contributed by atoms with Crippen LogP contribution in [0.15, 0.2) is 29.2 Å². The van der Waals surface area contributed by atoms with Gasteiger partial charge in [-0.05, 0) is 44.0 Å². The lowest BCUT2D eigenvalue weighted by Crippen LogP contribution is -2.39. The van der Waals surface area contributed by atoms with Gasteiger partial charge >= 0.3 is 0 Å². The molecule has 1 saturated heterocycles. The number of hydrogen-bond acceptors (Lipinski definition) is 4. The maximum atomic E-state index is 12.5. The Bertz CT molecular complexity index is 519. The third-order valence-electron chi connectivity index (χ3n) is 3.34. The monoisotopic (exact) mass is 320 g/mol. The predicted octanol–water partition coefficient (Wildman–Crippen LogP) is 1.62. The molecule has 0 amide bonds. The first-order valence-corrected chi connectivity index (χ1v) is 7.98. The molecule has 1 fully saturated rings. The average Bonchev–Trinajstić information content (AvgIpc) is 2.89. The van der Waals surface area contributed by atoms with Gasteiger partial charge in [0.2, 0.25) is 10.0 Å². The molecular formula is C13H21ClN2O3S. The number of ether oxygens (including phenoxy) is 1. The van der Waals surface area contributed by atoms with Gasteiger partial charge in [-0.25, -0.2) is 8.42 Å². The van der Waals surface area contributed by atoms with Crippen LogP contribution in [0.4, 0.5) is 0 Å². The zero-order chi connectivity index (χ0) is 13.9. The lowest BCUT2D eigenvalue weighted by molar-refractivity contribution is 0.340. The highest BCUT2D eigenvalue weighted by Gasteiger charge is 2.34. The summed E-state index contributed by atoms with van der Waals surface area (Å²) >= 11 is 0. The van der Waals surface area contributed by atoms with Crippen LogP contribution < -0.4 is 10.5 Å². The van der Waals surface area contributed by atoms with E-state index in [1.54, 1.807) is 24.3 Å². The average molecular weight is 321 g/mol. The second kappa shape index (κ2) is 7.26. The fraction of sp³-hybridized carbons (Fsp3) is 0.538. The van der Waals surface area contributed by atoms with Crippen molar-refractivity contribution in [3.63, 3.8) is 0 Å². The van der Waals surface area contributed by atoms with E-state index < -0.39 is 10.0 Å². The molecule has 1 heterocycles. The minimum Gasteiger partial charge on any atom is -0.494 e. The number of nitrogens with zero attached hydrogens (tertiary/aromatic N) is 1. The first-order chi connectivity index (χ1) is 9.09. The van der Waals surface area contributed by atoms with Gasteiger partial charge in [0.1, 0.15) is 5.75 Å². The van der Waals surface area contributed by atoms with Gasteiger partial charge in [-0.2, -0.15) is 4.31 Å². The Hall–Kier alpha value is -0.820. The molecule has 1 aliphatic heterocycles. The van der Waals surface area contributed by atoms with Gasteiger partial charge in [-0.3, -0.25) is 0 Å². The van der Waals surface area contributed by atoms with Gasteiger partial charge in [-0.15, -0.1) is 12.4 Å². The van der Waals surface area contributed by atoms with Gasteiger partial charge in [0, 0.05) is 19.1 Å². The number of sulfonamides is 1. The fourth-order valence-electron chi connectivity index (χ4n) is 2.37. The molecule has 2 rings (SSSR count). The summed E-state index contributed by atoms with van der Waals surface area (Å²) in [5.41, 5.74) is 5.64. The maximum absolute atomic E-state index is 12.5. The fourth-order valence-corrected chi connectivity index (χ4v) is 4.08. The lowest BCUT2D eigenvalue weighted by atomic mass is 10.2. The van der Waals surface area contributed by atoms with Crippen molar-refractivity contribution in [2.45, 2.75) is 30.7 Å². The van der Waals surface area contributed by atoms with E-state index in [4.69, 9.17) is 10.5 Å². The maximum Gasteiger partial charge on any atom is 0.243 e. The Balaban J connectivity index is 0.00000200. The van der Waals surface area contributed by atoms with Gasteiger partial charge < -0.3 is 10.5 Å². The Morgan fingerprint density at radius 3 is 2.55 bits per heavy atom. The zero-order valence-electron chi connectivity index (χ0n) is 11.5. The third-order valence-corrected chi connectivity index (χ3v) is 5.30. The van der Waals surface area contributed by atoms with E-state index in [1.165, 1.54) is 4.31 Å². The molecule has 0 aromatic heterocycles. The van der Waals surface area contributed by atoms with Crippen LogP contribution in [0, 0.1) is 0 Å². The molecule has 20 heavy (non-hydrogen) atoms. The first kappa shape index (κ1) is 17.2. The smallest absolute Gasteiger partial charge is 0.243 e. The van der Waals surface area contributed by atoms with Crippen molar-refractivity contribution in [1.29, 1.82) is 0 Å². The van der Waals surface area contributed by atoms with Gasteiger partial charge in [-0.1, -0.05) is 0 Å². The second-order valence-electron chi connectivity index (χ2n) is 4.55. The number of hydrogen-bond donors (Lipinski definition) is 1. The standard InChI is InChI=1S/C13H20N2O3S.ClH/c1-2-18-12-5-7-13(8-6-12)19(16,17)15-9-3-4-11(15)10-14;/h5-8,11H,2-4,9-10,14H2,1H3;1H. The molecule has 0 bridgehead atoms. The Morgan fingerprint density at radius 2 is 2.00 bits per heavy atom. The molecule has 0 aliphatic carbocycles. The number of nitrogens with two attached hydrogens (primary N) is 1. The summed E-state index contributed by atoms with van der Waals surface area (Å²) < 4.78 is 31.8. The Kier molecular flexibility index (Phi) is 6.26. The summed E-state index contributed by atoms with van der Waals surface area (Å²) in [4.78, 5) is 0.302. The highest BCUT2D eigenvalue weighted by molar-refractivity contribution is 7.89. The quantitative estimate of drug-likeness (QED) is 0.894. The molecule has 5 nitrogen and oxygen atoms in total. The van der Waals surface area contributed by atoms with Crippen LogP contribution in [0.25, 0.3) is 0 Å². The summed E-state index contributed by atoms with van der Waals surface area (Å²) in [6.45, 7) is 3.38. The normalized spacial score (nSPS) is 19.6. The van der Waals surface area contributed by atoms with Crippen molar-refractivity contribution in [3.05, 3.63) is 24.3 Å². The van der Waals surface area contributed by atoms with Crippen LogP contribution in [0.1, 0.15) is 19.8 Å². The van der Waals surface area contributed by atoms with Crippen molar-refractivity contribution in [1.82, 2.24) is 4.31 Å². The summed E-state index contributed by atoms with van der Waals surface area (Å²) in [6.07, 6.45) is 1.71. The van der Waals surface area contributed by atoms with Crippen LogP contribution in [-0.4, -0.2) is 38.5 Å². The number of rotatable bonds is 5. The largest absolute Gasteiger partial charge is 0.494 e. The van der Waals surface area contributed by atoms with Crippen molar-refractivity contribution in [2.24, 2.45) is 5.73 Å². The van der Waals surface area contributed by atoms with Crippen molar-refractivity contribution < 1.29 is 13.2 Å². The molecular weight excluding hydrogens is 300 g/mol. The molecule has 0 saturated carbocycles. The van der Waals surface area contributed by atoms with Crippen LogP contribution in [0.3, 0.4) is 0 Å². The van der Waals surface area contributed by atoms with Gasteiger partial charge in [0.15, 0.2) is 0 Å². The minimum absolute atomic E-state index is 0. The van der Waals surface area contributed by atoms with E-state index >= 15 is 0 Å². The van der Waals surface area contributed by atoms with Crippen LogP contribution in [-0.2, 0) is 10.0 Å². The first-order valence-electron chi connectivity index (χ1n) is 6.54. The summed E-state index contributed by atoms with van der Waals surface area (Å²) in [5.74, 6) is 0.679. The highest BCUT2D eigenvalue weighted by Crippen LogP contribution is 2.26. The topological polar surface area (TPSA) is 72.6 Å². The molecule has 7 heteroatoms. The second-order valence-corrected chi connectivity index (χ2v) is 6.44. The third kappa shape index (κ3) is 3.44. The minimum atomic E-state index is -3.43. The van der Waals surface area contributed by atoms with E-state index in [0.717, 1.165) is 12.8 Å². The summed E-state index contributed by atoms with van der Waals surface area (Å²) in [5, 5.41) is 0. The van der Waals surface area contributed by atoms with E-state index in [0.29, 0.717) is 30.3 Å². The number of benzene rings is 1. The molecule has 1 unspecified atom stereocenters. The highest BCUT2D eigenvalue weighted by atomic mass is 35.5. The van der Waals surface area contributed by atoms with Gasteiger partial charge in [0.25, 0.3) is 0 Å². The lowest BCUT2D eigenvalue weighted by Gasteiger charge is -2.22. The SMILES string of the molecule is CCOc1ccc(S(=O)(=O)N2CCCC2CN)cc1.Cl. The van der Waals surface area contributed by atoms with Crippen molar-refractivity contribution in [3.8, 4) is 5.75 Å². The van der Waals surface area contributed by atoms with Crippen LogP contribution in [0.5, 0.6) is 5.75 Å². The van der Waals surface area contributed by atoms with E-state index in [2.05, 4.69) is 0 Å². The molecule has 0 spiro atoms. The Labute approximate surface area is 126 Å². The molecule has 2 N–H and O–H groups in total. The summed E-state index contributed by atoms with van der Waals surface area (Å²) in [6, 6.07) is 6.48. The molecule has 114 valence electrons. The van der Waals surface area contributed by atoms with Crippen LogP contribution >= 0.6 is 12.4 Å². The molecule has 0 radical (unpaired) electrons. The van der Waals surface area contributed by atoms with E-state index in [-0.39, 0.29) is 18.4 Å². The van der Waals surface area contributed by atoms with Gasteiger partial charge in [0.05, 0.1) is 11.5 Å². The predicted molar refractivity (Wildman–Crippen MR) is 80.8 cm³/mol. The van der Waals surface area contributed by atoms with E-state index in [1.807, 2.05) is 6.92 Å². The van der Waals surface area contributed by atoms with Crippen molar-refractivity contribution >= 4 is 22.4 Å². The molecule has 1 aromatic carbocycles. The summed E-state index contributed by atoms with van der Waals surface area (Å²) in [7, 11) is -3.43. The molecule has 1 aromatic rings. The van der Waals surface area contributed by atoms with Crippen molar-refractivity contribution in [2.75, 3.05) is 19.7 Å².